The lowest BCUT2D eigenvalue weighted by Crippen LogP contribution is -3.00. The molecule has 0 aliphatic carbocycles. The average Bonchev–Trinajstić information content (AvgIpc) is 2.42. The second-order valence-corrected chi connectivity index (χ2v) is 5.01. The van der Waals surface area contributed by atoms with E-state index in [-0.39, 0.29) is 12.4 Å². The molecule has 0 fully saturated rings. The highest BCUT2D eigenvalue weighted by molar-refractivity contribution is 5.88. The van der Waals surface area contributed by atoms with E-state index < -0.39 is 6.10 Å². The fourth-order valence-corrected chi connectivity index (χ4v) is 1.94. The van der Waals surface area contributed by atoms with Crippen LogP contribution in [0.2, 0.25) is 0 Å². The van der Waals surface area contributed by atoms with Crippen LogP contribution in [0.4, 0.5) is 0 Å². The summed E-state index contributed by atoms with van der Waals surface area (Å²) in [6, 6.07) is 14.4. The van der Waals surface area contributed by atoms with Crippen LogP contribution in [0.1, 0.15) is 13.8 Å². The van der Waals surface area contributed by atoms with E-state index in [0.717, 1.165) is 16.5 Å². The molecule has 2 aromatic rings. The normalized spacial score (nSPS) is 12.2. The zero-order valence-corrected chi connectivity index (χ0v) is 12.6. The maximum atomic E-state index is 9.84. The molecule has 0 saturated heterocycles. The summed E-state index contributed by atoms with van der Waals surface area (Å²) in [6.07, 6.45) is -0.499. The number of nitrogens with one attached hydrogen (secondary N) is 1. The van der Waals surface area contributed by atoms with Crippen LogP contribution in [-0.4, -0.2) is 30.4 Å². The van der Waals surface area contributed by atoms with E-state index in [2.05, 4.69) is 31.3 Å². The van der Waals surface area contributed by atoms with Gasteiger partial charge in [-0.25, -0.2) is 0 Å². The molecular formula is C16H21ClNO2-. The van der Waals surface area contributed by atoms with E-state index in [9.17, 15) is 5.11 Å². The number of hydrogen-bond donors (Lipinski definition) is 2. The summed E-state index contributed by atoms with van der Waals surface area (Å²) in [4.78, 5) is 0. The predicted molar refractivity (Wildman–Crippen MR) is 78.6 cm³/mol. The van der Waals surface area contributed by atoms with E-state index in [1.54, 1.807) is 0 Å². The second kappa shape index (κ2) is 8.10. The quantitative estimate of drug-likeness (QED) is 0.761. The Hall–Kier alpha value is -1.29. The van der Waals surface area contributed by atoms with Gasteiger partial charge in [-0.15, -0.1) is 0 Å². The second-order valence-electron chi connectivity index (χ2n) is 5.01. The molecule has 0 radical (unpaired) electrons. The first-order valence-corrected chi connectivity index (χ1v) is 6.69. The molecule has 0 aromatic heterocycles. The molecule has 0 unspecified atom stereocenters. The molecule has 0 spiro atoms. The number of aliphatic hydroxyl groups excluding tert-OH is 1. The smallest absolute Gasteiger partial charge is 0.127 e. The number of hydrogen-bond acceptors (Lipinski definition) is 3. The van der Waals surface area contributed by atoms with Gasteiger partial charge in [0.25, 0.3) is 0 Å². The van der Waals surface area contributed by atoms with Crippen molar-refractivity contribution in [2.24, 2.45) is 0 Å². The maximum absolute atomic E-state index is 9.84. The third-order valence-electron chi connectivity index (χ3n) is 2.94. The first kappa shape index (κ1) is 16.8. The monoisotopic (exact) mass is 294 g/mol. The Bertz CT molecular complexity index is 525. The summed E-state index contributed by atoms with van der Waals surface area (Å²) < 4.78 is 5.72. The highest BCUT2D eigenvalue weighted by Gasteiger charge is 2.07. The van der Waals surface area contributed by atoms with Crippen molar-refractivity contribution in [3.8, 4) is 5.75 Å². The molecule has 0 heterocycles. The Labute approximate surface area is 126 Å². The molecule has 2 N–H and O–H groups in total. The molecule has 1 atom stereocenters. The van der Waals surface area contributed by atoms with Crippen molar-refractivity contribution in [2.45, 2.75) is 26.0 Å². The maximum Gasteiger partial charge on any atom is 0.127 e. The van der Waals surface area contributed by atoms with Gasteiger partial charge in [0.05, 0.1) is 0 Å². The fourth-order valence-electron chi connectivity index (χ4n) is 1.94. The minimum Gasteiger partial charge on any atom is -1.00 e. The van der Waals surface area contributed by atoms with Gasteiger partial charge in [0.2, 0.25) is 0 Å². The summed E-state index contributed by atoms with van der Waals surface area (Å²) >= 11 is 0. The highest BCUT2D eigenvalue weighted by Crippen LogP contribution is 2.25. The van der Waals surface area contributed by atoms with E-state index in [4.69, 9.17) is 4.74 Å². The topological polar surface area (TPSA) is 41.5 Å². The molecule has 0 aliphatic rings. The lowest BCUT2D eigenvalue weighted by molar-refractivity contribution is -0.00000575. The molecule has 0 aliphatic heterocycles. The summed E-state index contributed by atoms with van der Waals surface area (Å²) in [5.41, 5.74) is 0. The number of benzene rings is 2. The van der Waals surface area contributed by atoms with Crippen molar-refractivity contribution in [1.29, 1.82) is 0 Å². The Morgan fingerprint density at radius 1 is 1.10 bits per heavy atom. The lowest BCUT2D eigenvalue weighted by atomic mass is 10.1. The molecule has 2 aromatic carbocycles. The molecule has 2 rings (SSSR count). The molecule has 0 amide bonds. The van der Waals surface area contributed by atoms with Crippen LogP contribution in [0, 0.1) is 0 Å². The van der Waals surface area contributed by atoms with Crippen molar-refractivity contribution < 1.29 is 22.3 Å². The van der Waals surface area contributed by atoms with Gasteiger partial charge in [0, 0.05) is 18.0 Å². The Balaban J connectivity index is 0.00000200. The van der Waals surface area contributed by atoms with Gasteiger partial charge in [-0.1, -0.05) is 50.2 Å². The van der Waals surface area contributed by atoms with Crippen LogP contribution in [0.15, 0.2) is 42.5 Å². The van der Waals surface area contributed by atoms with Gasteiger partial charge >= 0.3 is 0 Å². The lowest BCUT2D eigenvalue weighted by Gasteiger charge is -2.15. The van der Waals surface area contributed by atoms with Crippen molar-refractivity contribution in [2.75, 3.05) is 13.2 Å². The zero-order chi connectivity index (χ0) is 13.7. The van der Waals surface area contributed by atoms with Crippen LogP contribution in [0.25, 0.3) is 10.8 Å². The molecule has 0 saturated carbocycles. The molecule has 20 heavy (non-hydrogen) atoms. The van der Waals surface area contributed by atoms with Crippen LogP contribution >= 0.6 is 0 Å². The van der Waals surface area contributed by atoms with E-state index in [0.29, 0.717) is 19.2 Å². The van der Waals surface area contributed by atoms with Gasteiger partial charge in [-0.2, -0.15) is 0 Å². The Morgan fingerprint density at radius 3 is 2.55 bits per heavy atom. The largest absolute Gasteiger partial charge is 1.00 e. The van der Waals surface area contributed by atoms with E-state index in [1.807, 2.05) is 30.3 Å². The molecule has 3 nitrogen and oxygen atoms in total. The van der Waals surface area contributed by atoms with E-state index >= 15 is 0 Å². The molecule has 4 heteroatoms. The van der Waals surface area contributed by atoms with Crippen LogP contribution in [-0.2, 0) is 0 Å². The standard InChI is InChI=1S/C16H21NO2.ClH/c1-12(2)17-10-14(18)11-19-16-9-5-7-13-6-3-4-8-15(13)16;/h3-9,12,14,17-18H,10-11H2,1-2H3;1H/p-1/t14-;/m0./s1. The van der Waals surface area contributed by atoms with Crippen LogP contribution in [0.3, 0.4) is 0 Å². The van der Waals surface area contributed by atoms with Crippen LogP contribution in [0.5, 0.6) is 5.75 Å². The molecule has 110 valence electrons. The minimum atomic E-state index is -0.499. The van der Waals surface area contributed by atoms with Gasteiger partial charge < -0.3 is 27.6 Å². The predicted octanol–water partition coefficient (Wildman–Crippen LogP) is -0.418. The number of aliphatic hydroxyl groups is 1. The van der Waals surface area contributed by atoms with Crippen LogP contribution < -0.4 is 22.5 Å². The molecular weight excluding hydrogens is 274 g/mol. The average molecular weight is 295 g/mol. The first-order chi connectivity index (χ1) is 9.16. The highest BCUT2D eigenvalue weighted by atomic mass is 35.5. The fraction of sp³-hybridized carbons (Fsp3) is 0.375. The van der Waals surface area contributed by atoms with Gasteiger partial charge in [-0.3, -0.25) is 0 Å². The third-order valence-corrected chi connectivity index (χ3v) is 2.94. The third kappa shape index (κ3) is 4.67. The Kier molecular flexibility index (Phi) is 6.79. The number of halogens is 1. The number of fused-ring (bicyclic) bond motifs is 1. The van der Waals surface area contributed by atoms with Crippen molar-refractivity contribution >= 4 is 10.8 Å². The van der Waals surface area contributed by atoms with Crippen molar-refractivity contribution in [3.05, 3.63) is 42.5 Å². The number of rotatable bonds is 6. The first-order valence-electron chi connectivity index (χ1n) is 6.69. The molecule has 0 bridgehead atoms. The Morgan fingerprint density at radius 2 is 1.80 bits per heavy atom. The zero-order valence-electron chi connectivity index (χ0n) is 11.8. The number of ether oxygens (including phenoxy) is 1. The van der Waals surface area contributed by atoms with Gasteiger partial charge in [0.1, 0.15) is 18.5 Å². The summed E-state index contributed by atoms with van der Waals surface area (Å²) in [5, 5.41) is 15.3. The van der Waals surface area contributed by atoms with Gasteiger partial charge in [-0.05, 0) is 11.5 Å². The summed E-state index contributed by atoms with van der Waals surface area (Å²) in [6.45, 7) is 4.95. The SMILES string of the molecule is CC(C)NC[C@H](O)COc1cccc2ccccc12.[Cl-]. The minimum absolute atomic E-state index is 0. The van der Waals surface area contributed by atoms with E-state index in [1.165, 1.54) is 0 Å². The summed E-state index contributed by atoms with van der Waals surface area (Å²) in [7, 11) is 0. The summed E-state index contributed by atoms with van der Waals surface area (Å²) in [5.74, 6) is 0.821. The van der Waals surface area contributed by atoms with Gasteiger partial charge in [0.15, 0.2) is 0 Å². The van der Waals surface area contributed by atoms with Crippen molar-refractivity contribution in [3.63, 3.8) is 0 Å². The van der Waals surface area contributed by atoms with Crippen molar-refractivity contribution in [1.82, 2.24) is 5.32 Å².